The number of aromatic nitrogens is 1. The van der Waals surface area contributed by atoms with E-state index in [1.807, 2.05) is 18.2 Å². The number of carbonyl (C=O) groups excluding carboxylic acids is 1. The molecule has 7 heteroatoms. The van der Waals surface area contributed by atoms with Crippen molar-refractivity contribution in [1.82, 2.24) is 4.57 Å². The zero-order valence-electron chi connectivity index (χ0n) is 12.6. The highest BCUT2D eigenvalue weighted by molar-refractivity contribution is 14.1. The van der Waals surface area contributed by atoms with E-state index >= 15 is 0 Å². The molecular weight excluding hydrogens is 433 g/mol. The predicted octanol–water partition coefficient (Wildman–Crippen LogP) is 3.09. The summed E-state index contributed by atoms with van der Waals surface area (Å²) >= 11 is 8.41. The number of rotatable bonds is 5. The second-order valence-corrected chi connectivity index (χ2v) is 6.47. The van der Waals surface area contributed by atoms with Crippen molar-refractivity contribution >= 4 is 40.2 Å². The van der Waals surface area contributed by atoms with Crippen LogP contribution in [-0.4, -0.2) is 24.8 Å². The van der Waals surface area contributed by atoms with Crippen LogP contribution < -0.4 is 5.56 Å². The third-order valence-electron chi connectivity index (χ3n) is 3.27. The molecule has 0 aliphatic carbocycles. The molecule has 2 aromatic rings. The fourth-order valence-electron chi connectivity index (χ4n) is 2.15. The number of halogens is 2. The van der Waals surface area contributed by atoms with E-state index < -0.39 is 5.97 Å². The highest BCUT2D eigenvalue weighted by Crippen LogP contribution is 2.20. The fraction of sp³-hybridized carbons (Fsp3) is 0.250. The lowest BCUT2D eigenvalue weighted by Gasteiger charge is -2.14. The Balaban J connectivity index is 2.48. The first-order chi connectivity index (χ1) is 11.0. The maximum Gasteiger partial charge on any atom is 0.338 e. The summed E-state index contributed by atoms with van der Waals surface area (Å²) in [5.41, 5.74) is 1.29. The number of methoxy groups -OCH3 is 2. The van der Waals surface area contributed by atoms with Crippen molar-refractivity contribution in [2.75, 3.05) is 14.2 Å². The third kappa shape index (κ3) is 4.33. The van der Waals surface area contributed by atoms with Gasteiger partial charge in [0.1, 0.15) is 0 Å². The summed E-state index contributed by atoms with van der Waals surface area (Å²) in [6.07, 6.45) is 0. The van der Waals surface area contributed by atoms with E-state index in [1.165, 1.54) is 24.9 Å². The topological polar surface area (TPSA) is 57.5 Å². The van der Waals surface area contributed by atoms with Gasteiger partial charge in [-0.1, -0.05) is 17.7 Å². The largest absolute Gasteiger partial charge is 0.465 e. The molecule has 0 amide bonds. The molecule has 0 spiro atoms. The normalized spacial score (nSPS) is 10.6. The minimum absolute atomic E-state index is 0.196. The Kier molecular flexibility index (Phi) is 6.20. The van der Waals surface area contributed by atoms with Crippen LogP contribution in [0.15, 0.2) is 35.1 Å². The Labute approximate surface area is 152 Å². The second kappa shape index (κ2) is 7.94. The number of nitrogens with zero attached hydrogens (tertiary/aromatic N) is 1. The standard InChI is InChI=1S/C16H15ClINO4/c1-22-9-13-5-11(16(21)23-2)6-15(20)19(13)8-10-3-4-12(18)7-14(10)17/h3-7H,8-9H2,1-2H3. The first kappa shape index (κ1) is 18.0. The molecule has 0 bridgehead atoms. The van der Waals surface area contributed by atoms with Crippen molar-refractivity contribution in [1.29, 1.82) is 0 Å². The highest BCUT2D eigenvalue weighted by Gasteiger charge is 2.14. The van der Waals surface area contributed by atoms with E-state index in [2.05, 4.69) is 27.3 Å². The number of hydrogen-bond acceptors (Lipinski definition) is 4. The van der Waals surface area contributed by atoms with E-state index in [4.69, 9.17) is 16.3 Å². The lowest BCUT2D eigenvalue weighted by molar-refractivity contribution is 0.0599. The summed E-state index contributed by atoms with van der Waals surface area (Å²) in [4.78, 5) is 24.0. The van der Waals surface area contributed by atoms with Gasteiger partial charge in [-0.05, 0) is 46.4 Å². The Morgan fingerprint density at radius 1 is 1.26 bits per heavy atom. The van der Waals surface area contributed by atoms with Crippen LogP contribution in [0.5, 0.6) is 0 Å². The third-order valence-corrected chi connectivity index (χ3v) is 4.29. The molecule has 0 saturated carbocycles. The second-order valence-electron chi connectivity index (χ2n) is 4.82. The summed E-state index contributed by atoms with van der Waals surface area (Å²) in [6.45, 7) is 0.497. The number of ether oxygens (including phenoxy) is 2. The molecule has 2 rings (SSSR count). The quantitative estimate of drug-likeness (QED) is 0.522. The first-order valence-corrected chi connectivity index (χ1v) is 8.17. The molecule has 122 valence electrons. The van der Waals surface area contributed by atoms with Gasteiger partial charge in [-0.3, -0.25) is 4.79 Å². The van der Waals surface area contributed by atoms with Gasteiger partial charge in [0.2, 0.25) is 0 Å². The van der Waals surface area contributed by atoms with Crippen LogP contribution in [0.2, 0.25) is 5.02 Å². The molecule has 0 fully saturated rings. The van der Waals surface area contributed by atoms with Gasteiger partial charge in [-0.2, -0.15) is 0 Å². The molecule has 1 aromatic carbocycles. The fourth-order valence-corrected chi connectivity index (χ4v) is 3.07. The molecule has 0 aliphatic heterocycles. The lowest BCUT2D eigenvalue weighted by Crippen LogP contribution is -2.26. The van der Waals surface area contributed by atoms with Crippen LogP contribution in [0.3, 0.4) is 0 Å². The smallest absolute Gasteiger partial charge is 0.338 e. The predicted molar refractivity (Wildman–Crippen MR) is 96.0 cm³/mol. The molecule has 0 N–H and O–H groups in total. The number of esters is 1. The number of carbonyl (C=O) groups is 1. The Morgan fingerprint density at radius 2 is 2.00 bits per heavy atom. The maximum absolute atomic E-state index is 12.4. The average Bonchev–Trinajstić information content (AvgIpc) is 2.51. The van der Waals surface area contributed by atoms with Gasteiger partial charge < -0.3 is 14.0 Å². The zero-order chi connectivity index (χ0) is 17.0. The molecule has 1 heterocycles. The molecule has 0 radical (unpaired) electrons. The molecule has 0 saturated heterocycles. The molecule has 0 aliphatic rings. The summed E-state index contributed by atoms with van der Waals surface area (Å²) < 4.78 is 12.3. The number of benzene rings is 1. The zero-order valence-corrected chi connectivity index (χ0v) is 15.6. The van der Waals surface area contributed by atoms with Crippen LogP contribution in [0, 0.1) is 3.57 Å². The molecule has 23 heavy (non-hydrogen) atoms. The van der Waals surface area contributed by atoms with E-state index in [-0.39, 0.29) is 17.7 Å². The SMILES string of the molecule is COCc1cc(C(=O)OC)cc(=O)n1Cc1ccc(I)cc1Cl. The number of pyridine rings is 1. The van der Waals surface area contributed by atoms with E-state index in [0.717, 1.165) is 9.13 Å². The van der Waals surface area contributed by atoms with Gasteiger partial charge in [0.05, 0.1) is 25.8 Å². The molecule has 5 nitrogen and oxygen atoms in total. The summed E-state index contributed by atoms with van der Waals surface area (Å²) in [7, 11) is 2.80. The van der Waals surface area contributed by atoms with Gasteiger partial charge in [-0.15, -0.1) is 0 Å². The van der Waals surface area contributed by atoms with Crippen LogP contribution in [0.25, 0.3) is 0 Å². The van der Waals surface area contributed by atoms with Crippen LogP contribution >= 0.6 is 34.2 Å². The van der Waals surface area contributed by atoms with Crippen molar-refractivity contribution < 1.29 is 14.3 Å². The summed E-state index contributed by atoms with van der Waals surface area (Å²) in [5, 5.41) is 0.587. The minimum atomic E-state index is -0.557. The van der Waals surface area contributed by atoms with Crippen LogP contribution in [0.4, 0.5) is 0 Å². The minimum Gasteiger partial charge on any atom is -0.465 e. The number of hydrogen-bond donors (Lipinski definition) is 0. The van der Waals surface area contributed by atoms with Gasteiger partial charge in [0.15, 0.2) is 0 Å². The molecular formula is C16H15ClINO4. The molecule has 0 unspecified atom stereocenters. The first-order valence-electron chi connectivity index (χ1n) is 6.71. The van der Waals surface area contributed by atoms with Crippen molar-refractivity contribution in [3.8, 4) is 0 Å². The monoisotopic (exact) mass is 447 g/mol. The molecule has 1 aromatic heterocycles. The lowest BCUT2D eigenvalue weighted by atomic mass is 10.2. The Morgan fingerprint density at radius 3 is 2.61 bits per heavy atom. The van der Waals surface area contributed by atoms with Gasteiger partial charge >= 0.3 is 5.97 Å². The van der Waals surface area contributed by atoms with Crippen molar-refractivity contribution in [2.45, 2.75) is 13.2 Å². The summed E-state index contributed by atoms with van der Waals surface area (Å²) in [5.74, 6) is -0.557. The van der Waals surface area contributed by atoms with E-state index in [9.17, 15) is 9.59 Å². The van der Waals surface area contributed by atoms with E-state index in [0.29, 0.717) is 17.3 Å². The van der Waals surface area contributed by atoms with Crippen molar-refractivity contribution in [3.05, 3.63) is 66.1 Å². The van der Waals surface area contributed by atoms with Gasteiger partial charge in [0.25, 0.3) is 5.56 Å². The highest BCUT2D eigenvalue weighted by atomic mass is 127. The van der Waals surface area contributed by atoms with Crippen LogP contribution in [0.1, 0.15) is 21.6 Å². The van der Waals surface area contributed by atoms with Gasteiger partial charge in [-0.25, -0.2) is 4.79 Å². The summed E-state index contributed by atoms with van der Waals surface area (Å²) in [6, 6.07) is 8.48. The maximum atomic E-state index is 12.4. The van der Waals surface area contributed by atoms with Gasteiger partial charge in [0, 0.05) is 27.5 Å². The Bertz CT molecular complexity index is 788. The average molecular weight is 448 g/mol. The Hall–Kier alpha value is -1.38. The molecule has 0 atom stereocenters. The van der Waals surface area contributed by atoms with E-state index in [1.54, 1.807) is 6.07 Å². The van der Waals surface area contributed by atoms with Crippen LogP contribution in [-0.2, 0) is 22.6 Å². The van der Waals surface area contributed by atoms with Crippen molar-refractivity contribution in [2.24, 2.45) is 0 Å². The van der Waals surface area contributed by atoms with Crippen molar-refractivity contribution in [3.63, 3.8) is 0 Å².